The number of hydrogen-bond acceptors (Lipinski definition) is 28. The van der Waals surface area contributed by atoms with Gasteiger partial charge in [0.1, 0.15) is 46.9 Å². The molecular weight excluding hydrogens is 1740 g/mol. The van der Waals surface area contributed by atoms with E-state index in [-0.39, 0.29) is 36.4 Å². The topological polar surface area (TPSA) is 351 Å². The number of morpholine rings is 1. The highest BCUT2D eigenvalue weighted by Crippen LogP contribution is 2.41. The Morgan fingerprint density at radius 2 is 0.810 bits per heavy atom. The Bertz CT molecular complexity index is 6810. The van der Waals surface area contributed by atoms with E-state index < -0.39 is 0 Å². The average molecular weight is 1860 g/mol. The smallest absolute Gasteiger partial charge is 0.251 e. The molecule has 137 heavy (non-hydrogen) atoms. The maximum absolute atomic E-state index is 14.3. The number of aromatic nitrogens is 16. The van der Waals surface area contributed by atoms with Crippen molar-refractivity contribution in [3.8, 4) is 79.5 Å². The molecule has 1 aliphatic carbocycles. The number of ether oxygens (including phenoxy) is 7. The van der Waals surface area contributed by atoms with Crippen LogP contribution in [0.3, 0.4) is 0 Å². The summed E-state index contributed by atoms with van der Waals surface area (Å²) in [5.74, 6) is 3.81. The number of carbonyl (C=O) groups is 2. The first kappa shape index (κ1) is 96.3. The van der Waals surface area contributed by atoms with E-state index >= 15 is 0 Å². The fourth-order valence-corrected chi connectivity index (χ4v) is 16.2. The Kier molecular flexibility index (Phi) is 31.4. The van der Waals surface area contributed by atoms with Crippen molar-refractivity contribution in [1.29, 1.82) is 0 Å². The number of nitrogens with two attached hydrogens (primary N) is 1. The summed E-state index contributed by atoms with van der Waals surface area (Å²) in [7, 11) is 18.8. The zero-order valence-electron chi connectivity index (χ0n) is 79.8. The molecule has 35 heteroatoms. The minimum absolute atomic E-state index is 0.0670. The van der Waals surface area contributed by atoms with E-state index in [9.17, 15) is 14.0 Å². The van der Waals surface area contributed by atoms with E-state index in [0.717, 1.165) is 175 Å². The lowest BCUT2D eigenvalue weighted by Gasteiger charge is -2.36. The molecule has 0 bridgehead atoms. The molecule has 34 nitrogen and oxygen atoms in total. The summed E-state index contributed by atoms with van der Waals surface area (Å²) in [6.45, 7) is 15.3. The van der Waals surface area contributed by atoms with Gasteiger partial charge in [-0.15, -0.1) is 0 Å². The van der Waals surface area contributed by atoms with Crippen LogP contribution in [0.25, 0.3) is 89.2 Å². The van der Waals surface area contributed by atoms with Crippen LogP contribution < -0.4 is 69.7 Å². The molecule has 9 heterocycles. The fourth-order valence-electron chi connectivity index (χ4n) is 16.2. The number of rotatable bonds is 33. The van der Waals surface area contributed by atoms with Crippen LogP contribution in [-0.4, -0.2) is 229 Å². The molecule has 5 N–H and O–H groups in total. The minimum Gasteiger partial charge on any atom is -0.497 e. The third kappa shape index (κ3) is 24.8. The maximum Gasteiger partial charge on any atom is 0.251 e. The van der Waals surface area contributed by atoms with Crippen molar-refractivity contribution in [3.63, 3.8) is 0 Å². The van der Waals surface area contributed by atoms with Crippen LogP contribution in [0.15, 0.2) is 220 Å². The van der Waals surface area contributed by atoms with Crippen molar-refractivity contribution >= 4 is 101 Å². The van der Waals surface area contributed by atoms with Crippen molar-refractivity contribution in [2.45, 2.75) is 65.2 Å². The van der Waals surface area contributed by atoms with Crippen LogP contribution in [0.4, 0.5) is 49.9 Å². The van der Waals surface area contributed by atoms with Crippen LogP contribution in [-0.2, 0) is 37.7 Å². The van der Waals surface area contributed by atoms with Gasteiger partial charge < -0.3 is 74.4 Å². The van der Waals surface area contributed by atoms with Crippen LogP contribution in [0.2, 0.25) is 0 Å². The molecule has 1 saturated carbocycles. The second-order valence-corrected chi connectivity index (χ2v) is 33.9. The highest BCUT2D eigenvalue weighted by molar-refractivity contribution is 5.96. The average Bonchev–Trinajstić information content (AvgIpc) is 1.74. The van der Waals surface area contributed by atoms with Crippen molar-refractivity contribution in [2.75, 3.05) is 135 Å². The number of nitrogens with zero attached hydrogens (tertiary/aromatic N) is 21. The number of fused-ring (bicyclic) bond motifs is 4. The van der Waals surface area contributed by atoms with Gasteiger partial charge in [0, 0.05) is 253 Å². The Morgan fingerprint density at radius 1 is 0.445 bits per heavy atom. The molecule has 8 aromatic heterocycles. The van der Waals surface area contributed by atoms with Gasteiger partial charge in [0.15, 0.2) is 0 Å². The number of benzene rings is 8. The van der Waals surface area contributed by atoms with Crippen LogP contribution in [0, 0.1) is 11.7 Å². The van der Waals surface area contributed by atoms with Gasteiger partial charge in [0.2, 0.25) is 5.91 Å². The largest absolute Gasteiger partial charge is 0.497 e. The summed E-state index contributed by atoms with van der Waals surface area (Å²) < 4.78 is 60.0. The molecule has 2 aliphatic rings. The second kappa shape index (κ2) is 44.7. The highest BCUT2D eigenvalue weighted by Gasteiger charge is 2.29. The molecule has 2 fully saturated rings. The van der Waals surface area contributed by atoms with E-state index in [0.29, 0.717) is 77.1 Å². The first-order valence-electron chi connectivity index (χ1n) is 45.3. The van der Waals surface area contributed by atoms with Crippen molar-refractivity contribution in [1.82, 2.24) is 99.8 Å². The van der Waals surface area contributed by atoms with Gasteiger partial charge >= 0.3 is 0 Å². The van der Waals surface area contributed by atoms with E-state index in [1.54, 1.807) is 117 Å². The lowest BCUT2D eigenvalue weighted by Crippen LogP contribution is -2.46. The minimum atomic E-state index is -0.347. The van der Waals surface area contributed by atoms with E-state index in [2.05, 4.69) is 128 Å². The third-order valence-electron chi connectivity index (χ3n) is 23.1. The van der Waals surface area contributed by atoms with Gasteiger partial charge in [0.25, 0.3) is 5.91 Å². The Labute approximate surface area is 794 Å². The lowest BCUT2D eigenvalue weighted by molar-refractivity contribution is -0.119. The third-order valence-corrected chi connectivity index (χ3v) is 23.1. The molecule has 1 saturated heterocycles. The number of nitrogens with one attached hydrogen (secondary N) is 3. The number of aryl methyl sites for hydroxylation is 4. The molecule has 710 valence electrons. The van der Waals surface area contributed by atoms with Gasteiger partial charge in [-0.1, -0.05) is 13.8 Å². The summed E-state index contributed by atoms with van der Waals surface area (Å²) in [5, 5.41) is 25.9. The Balaban J connectivity index is 0.000000139. The van der Waals surface area contributed by atoms with Gasteiger partial charge in [0.05, 0.1) is 171 Å². The second-order valence-electron chi connectivity index (χ2n) is 33.9. The maximum atomic E-state index is 14.3. The van der Waals surface area contributed by atoms with Gasteiger partial charge in [-0.3, -0.25) is 53.2 Å². The van der Waals surface area contributed by atoms with E-state index in [4.69, 9.17) is 58.8 Å². The summed E-state index contributed by atoms with van der Waals surface area (Å²) in [4.78, 5) is 73.7. The molecule has 0 unspecified atom stereocenters. The molecule has 1 aliphatic heterocycles. The Hall–Kier alpha value is -15.3. The summed E-state index contributed by atoms with van der Waals surface area (Å²) >= 11 is 0. The van der Waals surface area contributed by atoms with E-state index in [1.807, 2.05) is 161 Å². The summed E-state index contributed by atoms with van der Waals surface area (Å²) in [6.07, 6.45) is 25.7. The first-order valence-corrected chi connectivity index (χ1v) is 45.3. The number of hydrogen-bond donors (Lipinski definition) is 4. The van der Waals surface area contributed by atoms with Gasteiger partial charge in [-0.2, -0.15) is 20.4 Å². The molecule has 8 aromatic carbocycles. The molecule has 2 amide bonds. The molecule has 18 rings (SSSR count). The first-order chi connectivity index (χ1) is 66.4. The van der Waals surface area contributed by atoms with Gasteiger partial charge in [-0.25, -0.2) is 24.3 Å². The number of methoxy groups -OCH3 is 6. The normalized spacial score (nSPS) is 13.5. The zero-order chi connectivity index (χ0) is 96.3. The van der Waals surface area contributed by atoms with Crippen molar-refractivity contribution in [3.05, 3.63) is 231 Å². The van der Waals surface area contributed by atoms with Crippen molar-refractivity contribution in [2.24, 2.45) is 39.8 Å². The van der Waals surface area contributed by atoms with Gasteiger partial charge in [-0.05, 0) is 130 Å². The zero-order valence-corrected chi connectivity index (χ0v) is 79.8. The molecular formula is C102H116FN25O9. The van der Waals surface area contributed by atoms with Crippen molar-refractivity contribution < 1.29 is 47.1 Å². The summed E-state index contributed by atoms with van der Waals surface area (Å²) in [5.41, 5.74) is 26.2. The predicted molar refractivity (Wildman–Crippen MR) is 532 cm³/mol. The fraction of sp³-hybridized carbons (Fsp3) is 0.314. The SMILES string of the molecule is CNC(=O)c1cc(OC)cc(N(CC2CC2)c2ccc3ncc(-c4cnn(C)c4)nc3c2)c1.COc1cc(F)cc(N(CCNC(C)C)c2ccc3ncc(-c4cnn(C)c4)nc3c2)c1.COc1cc(OC)cc(N(CC(=O)NCCN)c2ccc3ncc(-c4cnn(C)c4)nc3c2)c1.COc1cc(OC)cc(N(CCCN2C[C@@H](C)O[C@@H](C)C2)c2ccc3ncc(-c4cnn(C)c4)nc3c2)c1. The van der Waals surface area contributed by atoms with Crippen LogP contribution in [0.1, 0.15) is 57.3 Å². The monoisotopic (exact) mass is 1850 g/mol. The molecule has 16 aromatic rings. The Morgan fingerprint density at radius 3 is 1.18 bits per heavy atom. The number of anilines is 8. The highest BCUT2D eigenvalue weighted by atomic mass is 19.1. The number of carbonyl (C=O) groups excluding carboxylic acids is 2. The summed E-state index contributed by atoms with van der Waals surface area (Å²) in [6, 6.07) is 46.1. The molecule has 2 atom stereocenters. The predicted octanol–water partition coefficient (Wildman–Crippen LogP) is 15.2. The van der Waals surface area contributed by atoms with Crippen LogP contribution in [0.5, 0.6) is 34.5 Å². The van der Waals surface area contributed by atoms with Crippen LogP contribution >= 0.6 is 0 Å². The number of halogens is 1. The van der Waals surface area contributed by atoms with E-state index in [1.165, 1.54) is 32.1 Å². The standard InChI is InChI=1S/C29H36N6O3.C25H26N6O2.C24H27FN6O.C24H27N7O3/c1-20-17-34(18-21(2)38-20)9-6-10-35(24-11-25(36-4)14-26(12-24)37-5)23-7-8-27-28(13-23)32-29(16-30-27)22-15-31-33(3)19-22;1-26-25(32)17-8-20(10-21(9-17)33-3)31(14-16-4-5-16)19-6-7-22-23(11-19)29-24(13-27-22)18-12-28-30(2)15-18;1-16(2)26-7-8-31(20-9-18(25)10-21(11-20)32-4)19-5-6-22-23(12-19)29-24(14-27-22)17-13-28-30(3)15-17;1-30-14-16(12-28-30)23-13-27-21-5-4-17(10-22(21)29-23)31(15-24(32)26-7-6-25)18-8-19(33-2)11-20(9-18)34-3/h7-8,11-16,19-21H,6,9-10,17-18H2,1-5H3;6-13,15-16H,4-5,14H2,1-3H3,(H,26,32);5-6,9-16,26H,7-8H2,1-4H3;4-5,8-14H,6-7,15,25H2,1-3H3,(H,26,32)/t20-,21+;;;. The number of amides is 2. The quantitative estimate of drug-likeness (QED) is 0.0297. The lowest BCUT2D eigenvalue weighted by atomic mass is 10.1. The molecule has 0 radical (unpaired) electrons. The molecule has 0 spiro atoms.